The maximum absolute atomic E-state index is 14.1. The minimum atomic E-state index is -0.264. The molecule has 16 heavy (non-hydrogen) atoms. The molecule has 0 radical (unpaired) electrons. The molecule has 0 atom stereocenters. The molecule has 0 spiro atoms. The van der Waals surface area contributed by atoms with Gasteiger partial charge in [-0.25, -0.2) is 14.4 Å². The van der Waals surface area contributed by atoms with Gasteiger partial charge >= 0.3 is 0 Å². The van der Waals surface area contributed by atoms with Crippen molar-refractivity contribution < 1.29 is 4.39 Å². The average Bonchev–Trinajstić information content (AvgIpc) is 2.30. The van der Waals surface area contributed by atoms with Crippen LogP contribution in [0.15, 0.2) is 6.33 Å². The highest BCUT2D eigenvalue weighted by molar-refractivity contribution is 5.42. The number of hydrogen-bond acceptors (Lipinski definition) is 4. The summed E-state index contributed by atoms with van der Waals surface area (Å²) in [5, 5.41) is 3.23. The number of hydrogen-bond donors (Lipinski definition) is 1. The first-order valence-corrected chi connectivity index (χ1v) is 5.66. The van der Waals surface area contributed by atoms with Gasteiger partial charge < -0.3 is 10.2 Å². The van der Waals surface area contributed by atoms with E-state index in [1.807, 2.05) is 18.7 Å². The Kier molecular flexibility index (Phi) is 3.33. The molecule has 2 heterocycles. The van der Waals surface area contributed by atoms with Gasteiger partial charge in [-0.15, -0.1) is 0 Å². The average molecular weight is 224 g/mol. The predicted molar refractivity (Wildman–Crippen MR) is 61.2 cm³/mol. The second-order valence-electron chi connectivity index (χ2n) is 4.29. The van der Waals surface area contributed by atoms with Gasteiger partial charge in [-0.05, 0) is 5.92 Å². The number of aromatic nitrogens is 2. The second kappa shape index (κ2) is 4.74. The van der Waals surface area contributed by atoms with Gasteiger partial charge in [-0.1, -0.05) is 13.8 Å². The Balaban J connectivity index is 2.29. The van der Waals surface area contributed by atoms with Gasteiger partial charge in [0.2, 0.25) is 0 Å². The highest BCUT2D eigenvalue weighted by atomic mass is 19.1. The van der Waals surface area contributed by atoms with Crippen molar-refractivity contribution in [3.63, 3.8) is 0 Å². The molecule has 0 aromatic carbocycles. The summed E-state index contributed by atoms with van der Waals surface area (Å²) in [4.78, 5) is 10.0. The fourth-order valence-electron chi connectivity index (χ4n) is 1.87. The van der Waals surface area contributed by atoms with Crippen molar-refractivity contribution in [3.8, 4) is 0 Å². The van der Waals surface area contributed by atoms with Crippen molar-refractivity contribution in [1.82, 2.24) is 15.3 Å². The van der Waals surface area contributed by atoms with Crippen molar-refractivity contribution in [3.05, 3.63) is 17.8 Å². The topological polar surface area (TPSA) is 41.1 Å². The molecule has 0 bridgehead atoms. The molecule has 1 N–H and O–H groups in total. The smallest absolute Gasteiger partial charge is 0.187 e. The van der Waals surface area contributed by atoms with Gasteiger partial charge in [-0.2, -0.15) is 0 Å². The summed E-state index contributed by atoms with van der Waals surface area (Å²) < 4.78 is 14.1. The number of piperazine rings is 1. The molecular weight excluding hydrogens is 207 g/mol. The lowest BCUT2D eigenvalue weighted by Crippen LogP contribution is -2.44. The van der Waals surface area contributed by atoms with E-state index in [4.69, 9.17) is 0 Å². The van der Waals surface area contributed by atoms with Gasteiger partial charge in [0.25, 0.3) is 0 Å². The van der Waals surface area contributed by atoms with Crippen molar-refractivity contribution in [2.24, 2.45) is 0 Å². The first-order valence-electron chi connectivity index (χ1n) is 5.66. The Labute approximate surface area is 94.9 Å². The summed E-state index contributed by atoms with van der Waals surface area (Å²) >= 11 is 0. The Morgan fingerprint density at radius 1 is 1.31 bits per heavy atom. The van der Waals surface area contributed by atoms with Gasteiger partial charge in [0, 0.05) is 26.2 Å². The zero-order chi connectivity index (χ0) is 11.5. The van der Waals surface area contributed by atoms with E-state index < -0.39 is 0 Å². The van der Waals surface area contributed by atoms with E-state index >= 15 is 0 Å². The highest BCUT2D eigenvalue weighted by Crippen LogP contribution is 2.22. The van der Waals surface area contributed by atoms with Crippen LogP contribution in [0.1, 0.15) is 25.5 Å². The first-order chi connectivity index (χ1) is 7.70. The van der Waals surface area contributed by atoms with Gasteiger partial charge in [0.1, 0.15) is 6.33 Å². The van der Waals surface area contributed by atoms with Crippen LogP contribution < -0.4 is 10.2 Å². The minimum Gasteiger partial charge on any atom is -0.352 e. The lowest BCUT2D eigenvalue weighted by atomic mass is 10.1. The summed E-state index contributed by atoms with van der Waals surface area (Å²) in [6, 6.07) is 0. The highest BCUT2D eigenvalue weighted by Gasteiger charge is 2.20. The quantitative estimate of drug-likeness (QED) is 0.818. The molecule has 0 amide bonds. The Morgan fingerprint density at radius 3 is 2.62 bits per heavy atom. The third kappa shape index (κ3) is 2.14. The third-order valence-corrected chi connectivity index (χ3v) is 2.76. The summed E-state index contributed by atoms with van der Waals surface area (Å²) in [6.45, 7) is 7.22. The standard InChI is InChI=1S/C11H17FN4/c1-8(2)10-9(12)11(15-7-14-10)16-5-3-13-4-6-16/h7-8,13H,3-6H2,1-2H3. The lowest BCUT2D eigenvalue weighted by Gasteiger charge is -2.28. The number of halogens is 1. The largest absolute Gasteiger partial charge is 0.352 e. The monoisotopic (exact) mass is 224 g/mol. The molecule has 1 saturated heterocycles. The van der Waals surface area contributed by atoms with Crippen LogP contribution in [0.5, 0.6) is 0 Å². The summed E-state index contributed by atoms with van der Waals surface area (Å²) in [6.07, 6.45) is 1.45. The van der Waals surface area contributed by atoms with Crippen LogP contribution in [-0.4, -0.2) is 36.1 Å². The normalized spacial score (nSPS) is 16.9. The summed E-state index contributed by atoms with van der Waals surface area (Å²) in [7, 11) is 0. The van der Waals surface area contributed by atoms with Gasteiger partial charge in [0.05, 0.1) is 5.69 Å². The van der Waals surface area contributed by atoms with E-state index in [-0.39, 0.29) is 11.7 Å². The number of anilines is 1. The summed E-state index contributed by atoms with van der Waals surface area (Å²) in [5.41, 5.74) is 0.503. The van der Waals surface area contributed by atoms with Crippen LogP contribution in [-0.2, 0) is 0 Å². The molecule has 0 aliphatic carbocycles. The number of rotatable bonds is 2. The van der Waals surface area contributed by atoms with Crippen LogP contribution in [0.3, 0.4) is 0 Å². The van der Waals surface area contributed by atoms with Gasteiger partial charge in [-0.3, -0.25) is 0 Å². The molecule has 0 unspecified atom stereocenters. The Bertz CT molecular complexity index is 361. The molecule has 2 rings (SSSR count). The SMILES string of the molecule is CC(C)c1ncnc(N2CCNCC2)c1F. The molecular formula is C11H17FN4. The maximum atomic E-state index is 14.1. The number of nitrogens with one attached hydrogen (secondary N) is 1. The second-order valence-corrected chi connectivity index (χ2v) is 4.29. The number of nitrogens with zero attached hydrogens (tertiary/aromatic N) is 3. The van der Waals surface area contributed by atoms with E-state index in [1.54, 1.807) is 0 Å². The minimum absolute atomic E-state index is 0.0877. The zero-order valence-corrected chi connectivity index (χ0v) is 9.70. The van der Waals surface area contributed by atoms with E-state index in [2.05, 4.69) is 15.3 Å². The molecule has 4 nitrogen and oxygen atoms in total. The molecule has 1 aliphatic rings. The molecule has 88 valence electrons. The first kappa shape index (κ1) is 11.3. The van der Waals surface area contributed by atoms with Crippen LogP contribution in [0, 0.1) is 5.82 Å². The predicted octanol–water partition coefficient (Wildman–Crippen LogP) is 1.15. The molecule has 1 aliphatic heterocycles. The van der Waals surface area contributed by atoms with Crippen molar-refractivity contribution >= 4 is 5.82 Å². The van der Waals surface area contributed by atoms with E-state index in [9.17, 15) is 4.39 Å². The van der Waals surface area contributed by atoms with Crippen molar-refractivity contribution in [1.29, 1.82) is 0 Å². The fourth-order valence-corrected chi connectivity index (χ4v) is 1.87. The van der Waals surface area contributed by atoms with Crippen molar-refractivity contribution in [2.45, 2.75) is 19.8 Å². The molecule has 1 aromatic rings. The summed E-state index contributed by atoms with van der Waals surface area (Å²) in [5.74, 6) is 0.268. The molecule has 5 heteroatoms. The Hall–Kier alpha value is -1.23. The zero-order valence-electron chi connectivity index (χ0n) is 9.70. The van der Waals surface area contributed by atoms with E-state index in [0.29, 0.717) is 11.5 Å². The van der Waals surface area contributed by atoms with Crippen LogP contribution in [0.25, 0.3) is 0 Å². The van der Waals surface area contributed by atoms with Crippen LogP contribution in [0.2, 0.25) is 0 Å². The Morgan fingerprint density at radius 2 is 2.00 bits per heavy atom. The van der Waals surface area contributed by atoms with Crippen molar-refractivity contribution in [2.75, 3.05) is 31.1 Å². The fraction of sp³-hybridized carbons (Fsp3) is 0.636. The third-order valence-electron chi connectivity index (χ3n) is 2.76. The van der Waals surface area contributed by atoms with Crippen LogP contribution in [0.4, 0.5) is 10.2 Å². The van der Waals surface area contributed by atoms with E-state index in [1.165, 1.54) is 6.33 Å². The molecule has 0 saturated carbocycles. The van der Waals surface area contributed by atoms with Crippen LogP contribution >= 0.6 is 0 Å². The van der Waals surface area contributed by atoms with E-state index in [0.717, 1.165) is 26.2 Å². The molecule has 1 fully saturated rings. The molecule has 1 aromatic heterocycles. The van der Waals surface area contributed by atoms with Gasteiger partial charge in [0.15, 0.2) is 11.6 Å². The lowest BCUT2D eigenvalue weighted by molar-refractivity contribution is 0.540. The maximum Gasteiger partial charge on any atom is 0.187 e.